The Labute approximate surface area is 221 Å². The molecule has 1 amide bonds. The van der Waals surface area contributed by atoms with Gasteiger partial charge in [-0.15, -0.1) is 0 Å². The molecule has 1 saturated carbocycles. The average molecular weight is 518 g/mol. The Morgan fingerprint density at radius 1 is 1.00 bits per heavy atom. The molecular formula is C30H32ClN3O3. The van der Waals surface area contributed by atoms with Crippen molar-refractivity contribution in [1.82, 2.24) is 14.9 Å². The zero-order valence-corrected chi connectivity index (χ0v) is 21.4. The van der Waals surface area contributed by atoms with Crippen LogP contribution in [-0.4, -0.2) is 38.6 Å². The summed E-state index contributed by atoms with van der Waals surface area (Å²) in [5, 5.41) is 28.8. The Balaban J connectivity index is 1.39. The standard InChI is InChI=1S/C30H32ClN3O3/c31-23-13-11-22(12-14-23)30(15-5-2-6-16-30)20-32-28(35)24-10-7-17-34-27(24)19-26(33-34)25(29(36)37)18-21-8-3-1-4-9-21/h1,3-4,7-14,17,19,25,29,36-37H,2,5-6,15-16,18,20H2,(H,32,35). The van der Waals surface area contributed by atoms with E-state index in [-0.39, 0.29) is 11.3 Å². The smallest absolute Gasteiger partial charge is 0.253 e. The number of halogens is 1. The third-order valence-electron chi connectivity index (χ3n) is 7.66. The predicted molar refractivity (Wildman–Crippen MR) is 145 cm³/mol. The van der Waals surface area contributed by atoms with Gasteiger partial charge in [-0.2, -0.15) is 5.10 Å². The second-order valence-corrected chi connectivity index (χ2v) is 10.5. The minimum atomic E-state index is -1.58. The molecule has 0 saturated heterocycles. The van der Waals surface area contributed by atoms with Gasteiger partial charge >= 0.3 is 0 Å². The summed E-state index contributed by atoms with van der Waals surface area (Å²) in [4.78, 5) is 13.5. The van der Waals surface area contributed by atoms with Gasteiger partial charge in [0.2, 0.25) is 0 Å². The minimum absolute atomic E-state index is 0.114. The number of carbonyl (C=O) groups is 1. The van der Waals surface area contributed by atoms with E-state index in [2.05, 4.69) is 22.5 Å². The Morgan fingerprint density at radius 2 is 1.73 bits per heavy atom. The highest BCUT2D eigenvalue weighted by atomic mass is 35.5. The molecule has 2 aromatic carbocycles. The van der Waals surface area contributed by atoms with Crippen molar-refractivity contribution >= 4 is 23.0 Å². The van der Waals surface area contributed by atoms with Gasteiger partial charge < -0.3 is 15.5 Å². The molecule has 1 atom stereocenters. The van der Waals surface area contributed by atoms with E-state index in [9.17, 15) is 15.0 Å². The maximum absolute atomic E-state index is 13.5. The third-order valence-corrected chi connectivity index (χ3v) is 7.91. The van der Waals surface area contributed by atoms with Crippen molar-refractivity contribution in [3.05, 3.63) is 106 Å². The summed E-state index contributed by atoms with van der Waals surface area (Å²) in [7, 11) is 0. The maximum atomic E-state index is 13.5. The van der Waals surface area contributed by atoms with Gasteiger partial charge in [-0.1, -0.05) is 73.3 Å². The van der Waals surface area contributed by atoms with Gasteiger partial charge in [0, 0.05) is 23.2 Å². The van der Waals surface area contributed by atoms with Crippen molar-refractivity contribution in [3.63, 3.8) is 0 Å². The van der Waals surface area contributed by atoms with Crippen LogP contribution in [0.25, 0.3) is 5.52 Å². The topological polar surface area (TPSA) is 86.9 Å². The third kappa shape index (κ3) is 5.57. The first-order valence-electron chi connectivity index (χ1n) is 12.9. The first-order valence-corrected chi connectivity index (χ1v) is 13.3. The van der Waals surface area contributed by atoms with Gasteiger partial charge in [0.25, 0.3) is 5.91 Å². The van der Waals surface area contributed by atoms with Crippen molar-refractivity contribution in [2.75, 3.05) is 6.54 Å². The molecule has 6 nitrogen and oxygen atoms in total. The number of aliphatic hydroxyl groups excluding tert-OH is 1. The van der Waals surface area contributed by atoms with Crippen molar-refractivity contribution in [2.45, 2.75) is 56.1 Å². The zero-order chi connectivity index (χ0) is 25.8. The van der Waals surface area contributed by atoms with E-state index in [0.29, 0.717) is 34.8 Å². The van der Waals surface area contributed by atoms with Crippen LogP contribution in [0.3, 0.4) is 0 Å². The summed E-state index contributed by atoms with van der Waals surface area (Å²) in [6.07, 6.45) is 6.13. The molecular weight excluding hydrogens is 486 g/mol. The SMILES string of the molecule is O=C(NCC1(c2ccc(Cl)cc2)CCCCC1)c1cccn2nc(C(Cc3ccccc3)C(O)O)cc12. The van der Waals surface area contributed by atoms with E-state index in [1.807, 2.05) is 42.5 Å². The van der Waals surface area contributed by atoms with E-state index in [1.54, 1.807) is 28.9 Å². The van der Waals surface area contributed by atoms with Gasteiger partial charge in [0.15, 0.2) is 6.29 Å². The van der Waals surface area contributed by atoms with E-state index in [4.69, 9.17) is 11.6 Å². The summed E-state index contributed by atoms with van der Waals surface area (Å²) in [6.45, 7) is 0.543. The molecule has 0 radical (unpaired) electrons. The average Bonchev–Trinajstić information content (AvgIpc) is 3.36. The number of hydrogen-bond donors (Lipinski definition) is 3. The van der Waals surface area contributed by atoms with Crippen LogP contribution in [0.2, 0.25) is 5.02 Å². The van der Waals surface area contributed by atoms with Crippen LogP contribution in [0.15, 0.2) is 79.0 Å². The number of aliphatic hydroxyl groups is 2. The molecule has 2 aromatic heterocycles. The fraction of sp³-hybridized carbons (Fsp3) is 0.333. The quantitative estimate of drug-likeness (QED) is 0.278. The van der Waals surface area contributed by atoms with Gasteiger partial charge in [-0.3, -0.25) is 4.79 Å². The lowest BCUT2D eigenvalue weighted by Gasteiger charge is -2.38. The molecule has 192 valence electrons. The number of nitrogens with one attached hydrogen (secondary N) is 1. The molecule has 7 heteroatoms. The van der Waals surface area contributed by atoms with Crippen molar-refractivity contribution in [2.24, 2.45) is 0 Å². The maximum Gasteiger partial charge on any atom is 0.253 e. The highest BCUT2D eigenvalue weighted by Crippen LogP contribution is 2.39. The first-order chi connectivity index (χ1) is 17.9. The normalized spacial score (nSPS) is 16.1. The van der Waals surface area contributed by atoms with Crippen LogP contribution in [0, 0.1) is 0 Å². The molecule has 0 bridgehead atoms. The highest BCUT2D eigenvalue weighted by Gasteiger charge is 2.34. The number of carbonyl (C=O) groups excluding carboxylic acids is 1. The molecule has 2 heterocycles. The van der Waals surface area contributed by atoms with E-state index < -0.39 is 12.2 Å². The largest absolute Gasteiger partial charge is 0.368 e. The lowest BCUT2D eigenvalue weighted by atomic mass is 9.69. The second kappa shape index (κ2) is 11.1. The van der Waals surface area contributed by atoms with Gasteiger partial charge in [0.05, 0.1) is 22.7 Å². The van der Waals surface area contributed by atoms with Crippen LogP contribution in [0.5, 0.6) is 0 Å². The van der Waals surface area contributed by atoms with E-state index in [1.165, 1.54) is 12.0 Å². The Hall–Kier alpha value is -3.19. The number of amides is 1. The molecule has 3 N–H and O–H groups in total. The predicted octanol–water partition coefficient (Wildman–Crippen LogP) is 5.26. The highest BCUT2D eigenvalue weighted by molar-refractivity contribution is 6.30. The molecule has 0 aliphatic heterocycles. The molecule has 1 aliphatic rings. The summed E-state index contributed by atoms with van der Waals surface area (Å²) in [5.41, 5.74) is 3.76. The molecule has 37 heavy (non-hydrogen) atoms. The van der Waals surface area contributed by atoms with Crippen LogP contribution in [0.1, 0.15) is 65.2 Å². The number of aromatic nitrogens is 2. The van der Waals surface area contributed by atoms with Crippen molar-refractivity contribution < 1.29 is 15.0 Å². The number of benzene rings is 2. The summed E-state index contributed by atoms with van der Waals surface area (Å²) in [6, 6.07) is 23.0. The monoisotopic (exact) mass is 517 g/mol. The second-order valence-electron chi connectivity index (χ2n) is 10.1. The lowest BCUT2D eigenvalue weighted by Crippen LogP contribution is -2.42. The minimum Gasteiger partial charge on any atom is -0.368 e. The first kappa shape index (κ1) is 25.5. The van der Waals surface area contributed by atoms with Gasteiger partial charge in [0.1, 0.15) is 0 Å². The Morgan fingerprint density at radius 3 is 2.43 bits per heavy atom. The summed E-state index contributed by atoms with van der Waals surface area (Å²) >= 11 is 6.14. The van der Waals surface area contributed by atoms with Crippen LogP contribution >= 0.6 is 11.6 Å². The van der Waals surface area contributed by atoms with E-state index >= 15 is 0 Å². The number of rotatable bonds is 8. The van der Waals surface area contributed by atoms with Crippen LogP contribution in [-0.2, 0) is 11.8 Å². The Bertz CT molecular complexity index is 1350. The van der Waals surface area contributed by atoms with Gasteiger partial charge in [-0.05, 0) is 60.7 Å². The molecule has 1 fully saturated rings. The lowest BCUT2D eigenvalue weighted by molar-refractivity contribution is -0.0610. The summed E-state index contributed by atoms with van der Waals surface area (Å²) in [5.74, 6) is -0.784. The number of nitrogens with zero attached hydrogens (tertiary/aromatic N) is 2. The number of fused-ring (bicyclic) bond motifs is 1. The Kier molecular flexibility index (Phi) is 7.60. The molecule has 5 rings (SSSR count). The zero-order valence-electron chi connectivity index (χ0n) is 20.7. The molecule has 1 unspecified atom stereocenters. The fourth-order valence-corrected chi connectivity index (χ4v) is 5.71. The van der Waals surface area contributed by atoms with Crippen molar-refractivity contribution in [3.8, 4) is 0 Å². The number of pyridine rings is 1. The fourth-order valence-electron chi connectivity index (χ4n) is 5.58. The van der Waals surface area contributed by atoms with Crippen molar-refractivity contribution in [1.29, 1.82) is 0 Å². The van der Waals surface area contributed by atoms with Crippen LogP contribution in [0.4, 0.5) is 0 Å². The number of hydrogen-bond acceptors (Lipinski definition) is 4. The van der Waals surface area contributed by atoms with E-state index in [0.717, 1.165) is 31.2 Å². The molecule has 4 aromatic rings. The summed E-state index contributed by atoms with van der Waals surface area (Å²) < 4.78 is 1.64. The van der Waals surface area contributed by atoms with Gasteiger partial charge in [-0.25, -0.2) is 4.52 Å². The molecule has 1 aliphatic carbocycles. The molecule has 0 spiro atoms. The van der Waals surface area contributed by atoms with Crippen LogP contribution < -0.4 is 5.32 Å².